The Kier molecular flexibility index (Phi) is 4.74. The third kappa shape index (κ3) is 4.52. The van der Waals surface area contributed by atoms with Gasteiger partial charge in [0.2, 0.25) is 5.95 Å². The largest absolute Gasteiger partial charge is 0.491 e. The Labute approximate surface area is 121 Å². The summed E-state index contributed by atoms with van der Waals surface area (Å²) in [6, 6.07) is 8.13. The van der Waals surface area contributed by atoms with E-state index in [2.05, 4.69) is 38.1 Å². The van der Waals surface area contributed by atoms with E-state index in [0.717, 1.165) is 10.2 Å². The smallest absolute Gasteiger partial charge is 0.222 e. The maximum absolute atomic E-state index is 5.69. The van der Waals surface area contributed by atoms with Crippen LogP contribution in [-0.2, 0) is 0 Å². The van der Waals surface area contributed by atoms with E-state index in [1.165, 1.54) is 5.56 Å². The minimum atomic E-state index is 0.127. The van der Waals surface area contributed by atoms with Gasteiger partial charge in [0.15, 0.2) is 0 Å². The lowest BCUT2D eigenvalue weighted by molar-refractivity contribution is 0.303. The summed E-state index contributed by atoms with van der Waals surface area (Å²) in [5, 5.41) is 3.18. The molecule has 1 atom stereocenters. The van der Waals surface area contributed by atoms with Crippen LogP contribution in [0.25, 0.3) is 0 Å². The molecular weight excluding hydrogens is 306 g/mol. The van der Waals surface area contributed by atoms with Crippen molar-refractivity contribution < 1.29 is 4.74 Å². The number of anilines is 1. The molecule has 5 heteroatoms. The second-order valence-corrected chi connectivity index (χ2v) is 5.31. The summed E-state index contributed by atoms with van der Waals surface area (Å²) in [5.41, 5.74) is 1.22. The van der Waals surface area contributed by atoms with Gasteiger partial charge >= 0.3 is 0 Å². The molecule has 2 aromatic rings. The number of hydrogen-bond donors (Lipinski definition) is 1. The maximum atomic E-state index is 5.69. The number of aryl methyl sites for hydroxylation is 1. The van der Waals surface area contributed by atoms with Crippen LogP contribution < -0.4 is 10.1 Å². The van der Waals surface area contributed by atoms with Crippen molar-refractivity contribution in [2.75, 3.05) is 11.9 Å². The number of rotatable bonds is 5. The molecule has 1 unspecified atom stereocenters. The van der Waals surface area contributed by atoms with Crippen molar-refractivity contribution in [2.24, 2.45) is 0 Å². The van der Waals surface area contributed by atoms with E-state index in [4.69, 9.17) is 4.74 Å². The summed E-state index contributed by atoms with van der Waals surface area (Å²) in [5.74, 6) is 1.47. The molecule has 0 fully saturated rings. The summed E-state index contributed by atoms with van der Waals surface area (Å²) in [7, 11) is 0. The molecule has 1 aromatic heterocycles. The van der Waals surface area contributed by atoms with Gasteiger partial charge < -0.3 is 10.1 Å². The third-order valence-corrected chi connectivity index (χ3v) is 2.93. The Hall–Kier alpha value is -1.62. The molecule has 1 aromatic carbocycles. The number of nitrogens with one attached hydrogen (secondary N) is 1. The van der Waals surface area contributed by atoms with Crippen molar-refractivity contribution in [3.05, 3.63) is 46.7 Å². The van der Waals surface area contributed by atoms with E-state index in [1.54, 1.807) is 12.4 Å². The minimum absolute atomic E-state index is 0.127. The highest BCUT2D eigenvalue weighted by atomic mass is 79.9. The molecule has 1 heterocycles. The zero-order valence-electron chi connectivity index (χ0n) is 10.9. The fraction of sp³-hybridized carbons (Fsp3) is 0.286. The van der Waals surface area contributed by atoms with Crippen molar-refractivity contribution in [1.82, 2.24) is 9.97 Å². The van der Waals surface area contributed by atoms with Gasteiger partial charge in [-0.25, -0.2) is 9.97 Å². The molecule has 0 aliphatic rings. The molecule has 0 aliphatic carbocycles. The van der Waals surface area contributed by atoms with Gasteiger partial charge in [-0.1, -0.05) is 17.7 Å². The Morgan fingerprint density at radius 3 is 2.47 bits per heavy atom. The predicted octanol–water partition coefficient (Wildman–Crippen LogP) is 3.43. The predicted molar refractivity (Wildman–Crippen MR) is 79.5 cm³/mol. The summed E-state index contributed by atoms with van der Waals surface area (Å²) in [4.78, 5) is 8.32. The SMILES string of the molecule is Cc1ccc(OCC(C)Nc2ncc(Br)cn2)cc1. The quantitative estimate of drug-likeness (QED) is 0.916. The molecule has 0 radical (unpaired) electrons. The van der Waals surface area contributed by atoms with E-state index in [1.807, 2.05) is 31.2 Å². The lowest BCUT2D eigenvalue weighted by Crippen LogP contribution is -2.24. The number of benzene rings is 1. The maximum Gasteiger partial charge on any atom is 0.222 e. The average molecular weight is 322 g/mol. The molecule has 0 saturated carbocycles. The van der Waals surface area contributed by atoms with Crippen LogP contribution in [0.1, 0.15) is 12.5 Å². The molecule has 2 rings (SSSR count). The van der Waals surface area contributed by atoms with Gasteiger partial charge in [0.25, 0.3) is 0 Å². The molecular formula is C14H16BrN3O. The van der Waals surface area contributed by atoms with Gasteiger partial charge in [0.05, 0.1) is 10.5 Å². The highest BCUT2D eigenvalue weighted by Crippen LogP contribution is 2.12. The number of nitrogens with zero attached hydrogens (tertiary/aromatic N) is 2. The van der Waals surface area contributed by atoms with E-state index in [9.17, 15) is 0 Å². The number of halogens is 1. The van der Waals surface area contributed by atoms with Gasteiger partial charge in [0, 0.05) is 12.4 Å². The lowest BCUT2D eigenvalue weighted by atomic mass is 10.2. The summed E-state index contributed by atoms with van der Waals surface area (Å²) < 4.78 is 6.55. The zero-order chi connectivity index (χ0) is 13.7. The molecule has 0 aliphatic heterocycles. The Bertz CT molecular complexity index is 513. The van der Waals surface area contributed by atoms with Crippen LogP contribution in [0.15, 0.2) is 41.1 Å². The van der Waals surface area contributed by atoms with Gasteiger partial charge in [-0.15, -0.1) is 0 Å². The van der Waals surface area contributed by atoms with Crippen molar-refractivity contribution in [3.63, 3.8) is 0 Å². The van der Waals surface area contributed by atoms with Crippen molar-refractivity contribution >= 4 is 21.9 Å². The topological polar surface area (TPSA) is 47.0 Å². The van der Waals surface area contributed by atoms with Crippen molar-refractivity contribution in [2.45, 2.75) is 19.9 Å². The van der Waals surface area contributed by atoms with Crippen LogP contribution in [0.5, 0.6) is 5.75 Å². The van der Waals surface area contributed by atoms with Crippen LogP contribution in [0.3, 0.4) is 0 Å². The Balaban J connectivity index is 1.82. The first-order chi connectivity index (χ1) is 9.13. The van der Waals surface area contributed by atoms with E-state index >= 15 is 0 Å². The van der Waals surface area contributed by atoms with Crippen LogP contribution in [-0.4, -0.2) is 22.6 Å². The first kappa shape index (κ1) is 13.8. The van der Waals surface area contributed by atoms with Gasteiger partial charge in [-0.2, -0.15) is 0 Å². The van der Waals surface area contributed by atoms with E-state index in [-0.39, 0.29) is 6.04 Å². The van der Waals surface area contributed by atoms with E-state index < -0.39 is 0 Å². The molecule has 4 nitrogen and oxygen atoms in total. The zero-order valence-corrected chi connectivity index (χ0v) is 12.5. The summed E-state index contributed by atoms with van der Waals surface area (Å²) in [6.45, 7) is 4.64. The van der Waals surface area contributed by atoms with Crippen molar-refractivity contribution in [1.29, 1.82) is 0 Å². The van der Waals surface area contributed by atoms with Gasteiger partial charge in [-0.3, -0.25) is 0 Å². The number of hydrogen-bond acceptors (Lipinski definition) is 4. The molecule has 0 bridgehead atoms. The fourth-order valence-electron chi connectivity index (χ4n) is 1.50. The average Bonchev–Trinajstić information content (AvgIpc) is 2.41. The molecule has 1 N–H and O–H groups in total. The Morgan fingerprint density at radius 2 is 1.84 bits per heavy atom. The molecule has 100 valence electrons. The van der Waals surface area contributed by atoms with E-state index in [0.29, 0.717) is 12.6 Å². The number of ether oxygens (including phenoxy) is 1. The molecule has 0 saturated heterocycles. The monoisotopic (exact) mass is 321 g/mol. The van der Waals surface area contributed by atoms with Crippen LogP contribution in [0.4, 0.5) is 5.95 Å². The Morgan fingerprint density at radius 1 is 1.21 bits per heavy atom. The second-order valence-electron chi connectivity index (χ2n) is 4.39. The fourth-order valence-corrected chi connectivity index (χ4v) is 1.71. The standard InChI is InChI=1S/C14H16BrN3O/c1-10-3-5-13(6-4-10)19-9-11(2)18-14-16-7-12(15)8-17-14/h3-8,11H,9H2,1-2H3,(H,16,17,18). The highest BCUT2D eigenvalue weighted by Gasteiger charge is 2.05. The number of aromatic nitrogens is 2. The third-order valence-electron chi connectivity index (χ3n) is 2.52. The van der Waals surface area contributed by atoms with Crippen molar-refractivity contribution in [3.8, 4) is 5.75 Å². The lowest BCUT2D eigenvalue weighted by Gasteiger charge is -2.14. The highest BCUT2D eigenvalue weighted by molar-refractivity contribution is 9.10. The molecule has 0 spiro atoms. The minimum Gasteiger partial charge on any atom is -0.491 e. The van der Waals surface area contributed by atoms with Crippen LogP contribution >= 0.6 is 15.9 Å². The second kappa shape index (κ2) is 6.52. The van der Waals surface area contributed by atoms with Crippen LogP contribution in [0, 0.1) is 6.92 Å². The molecule has 0 amide bonds. The summed E-state index contributed by atoms with van der Waals surface area (Å²) in [6.07, 6.45) is 3.42. The first-order valence-corrected chi connectivity index (χ1v) is 6.86. The van der Waals surface area contributed by atoms with Gasteiger partial charge in [-0.05, 0) is 41.9 Å². The first-order valence-electron chi connectivity index (χ1n) is 6.07. The summed E-state index contributed by atoms with van der Waals surface area (Å²) >= 11 is 3.30. The van der Waals surface area contributed by atoms with Gasteiger partial charge in [0.1, 0.15) is 12.4 Å². The normalized spacial score (nSPS) is 11.9. The van der Waals surface area contributed by atoms with Crippen LogP contribution in [0.2, 0.25) is 0 Å². The molecule has 19 heavy (non-hydrogen) atoms.